The van der Waals surface area contributed by atoms with E-state index in [-0.39, 0.29) is 25.5 Å². The van der Waals surface area contributed by atoms with Crippen molar-refractivity contribution in [2.75, 3.05) is 26.7 Å². The van der Waals surface area contributed by atoms with Crippen LogP contribution in [0, 0.1) is 5.89 Å². The Morgan fingerprint density at radius 3 is 3.37 bits per heavy atom. The highest BCUT2D eigenvalue weighted by atomic mass is 32.1. The van der Waals surface area contributed by atoms with Gasteiger partial charge in [0.2, 0.25) is 0 Å². The van der Waals surface area contributed by atoms with Crippen LogP contribution >= 0.6 is 11.7 Å². The molecule has 0 unspecified atom stereocenters. The number of likely N-dealkylation sites (N-methyl/N-ethyl adjacent to an activating group) is 1. The van der Waals surface area contributed by atoms with E-state index in [4.69, 9.17) is 18.4 Å². The highest BCUT2D eigenvalue weighted by Crippen LogP contribution is 2.27. The molecule has 106 valence electrons. The Morgan fingerprint density at radius 1 is 1.58 bits per heavy atom. The van der Waals surface area contributed by atoms with E-state index in [2.05, 4.69) is 8.75 Å². The minimum absolute atomic E-state index is 0.0255. The second kappa shape index (κ2) is 7.01. The summed E-state index contributed by atoms with van der Waals surface area (Å²) < 4.78 is 88.9. The largest absolute Gasteiger partial charge is 0.475 e. The quantitative estimate of drug-likeness (QED) is 0.755. The SMILES string of the molecule is [2H]C([2H])([2H])N1CCC=C(c2nsnc2OCCCC([2H])(C([2H])([2H])[2H])C([2H])([2H])[2H])C1. The van der Waals surface area contributed by atoms with Gasteiger partial charge in [0.05, 0.1) is 18.3 Å². The molecular weight excluding hydrogens is 258 g/mol. The number of ether oxygens (including phenoxy) is 1. The van der Waals surface area contributed by atoms with Gasteiger partial charge >= 0.3 is 0 Å². The van der Waals surface area contributed by atoms with Crippen molar-refractivity contribution in [1.29, 1.82) is 0 Å². The van der Waals surface area contributed by atoms with E-state index >= 15 is 0 Å². The van der Waals surface area contributed by atoms with Crippen LogP contribution in [0.5, 0.6) is 5.88 Å². The molecule has 0 atom stereocenters. The molecule has 4 nitrogen and oxygen atoms in total. The summed E-state index contributed by atoms with van der Waals surface area (Å²) in [6.45, 7) is -7.60. The topological polar surface area (TPSA) is 38.2 Å². The van der Waals surface area contributed by atoms with Crippen molar-refractivity contribution in [1.82, 2.24) is 13.6 Å². The molecule has 1 aromatic rings. The third kappa shape index (κ3) is 4.28. The molecule has 0 aromatic carbocycles. The molecule has 2 rings (SSSR count). The monoisotopic (exact) mass is 291 g/mol. The Kier molecular flexibility index (Phi) is 2.30. The van der Waals surface area contributed by atoms with Gasteiger partial charge in [-0.25, -0.2) is 0 Å². The molecule has 2 heterocycles. The lowest BCUT2D eigenvalue weighted by Gasteiger charge is -2.22. The molecule has 0 radical (unpaired) electrons. The van der Waals surface area contributed by atoms with Crippen LogP contribution in [0.4, 0.5) is 0 Å². The number of aromatic nitrogens is 2. The molecule has 0 amide bonds. The predicted molar refractivity (Wildman–Crippen MR) is 79.6 cm³/mol. The lowest BCUT2D eigenvalue weighted by Crippen LogP contribution is -2.25. The van der Waals surface area contributed by atoms with Crippen LogP contribution < -0.4 is 4.74 Å². The van der Waals surface area contributed by atoms with Gasteiger partial charge in [-0.1, -0.05) is 19.8 Å². The van der Waals surface area contributed by atoms with Crippen molar-refractivity contribution in [3.63, 3.8) is 0 Å². The molecule has 0 spiro atoms. The first-order valence-electron chi connectivity index (χ1n) is 11.1. The molecule has 0 fully saturated rings. The Morgan fingerprint density at radius 2 is 2.53 bits per heavy atom. The lowest BCUT2D eigenvalue weighted by molar-refractivity contribution is 0.288. The van der Waals surface area contributed by atoms with Gasteiger partial charge in [-0.3, -0.25) is 0 Å². The minimum Gasteiger partial charge on any atom is -0.475 e. The van der Waals surface area contributed by atoms with Crippen molar-refractivity contribution in [3.8, 4) is 5.88 Å². The van der Waals surface area contributed by atoms with Gasteiger partial charge in [-0.15, -0.1) is 4.37 Å². The third-order valence-corrected chi connectivity index (χ3v) is 3.24. The van der Waals surface area contributed by atoms with Gasteiger partial charge in [0, 0.05) is 26.8 Å². The second-order valence-electron chi connectivity index (χ2n) is 4.29. The van der Waals surface area contributed by atoms with E-state index in [0.717, 1.165) is 11.7 Å². The summed E-state index contributed by atoms with van der Waals surface area (Å²) in [6, 6.07) is 0. The van der Waals surface area contributed by atoms with Crippen LogP contribution in [0.2, 0.25) is 0 Å². The fraction of sp³-hybridized carbons (Fsp3) is 0.714. The Bertz CT molecular complexity index is 710. The number of hydrogen-bond acceptors (Lipinski definition) is 5. The van der Waals surface area contributed by atoms with Gasteiger partial charge in [0.25, 0.3) is 5.88 Å². The maximum absolute atomic E-state index is 7.99. The fourth-order valence-electron chi connectivity index (χ4n) is 1.80. The molecule has 19 heavy (non-hydrogen) atoms. The Labute approximate surface area is 133 Å². The maximum Gasteiger partial charge on any atom is 0.253 e. The molecule has 0 saturated carbocycles. The van der Waals surface area contributed by atoms with Crippen molar-refractivity contribution in [2.24, 2.45) is 5.89 Å². The van der Waals surface area contributed by atoms with Gasteiger partial charge in [0.1, 0.15) is 5.69 Å². The summed E-state index contributed by atoms with van der Waals surface area (Å²) in [6.07, 6.45) is 2.05. The lowest BCUT2D eigenvalue weighted by atomic mass is 10.1. The van der Waals surface area contributed by atoms with Crippen LogP contribution in [0.3, 0.4) is 0 Å². The molecule has 0 bridgehead atoms. The number of rotatable bonds is 6. The summed E-state index contributed by atoms with van der Waals surface area (Å²) in [5.74, 6) is -2.40. The third-order valence-electron chi connectivity index (χ3n) is 2.72. The highest BCUT2D eigenvalue weighted by molar-refractivity contribution is 6.99. The fourth-order valence-corrected chi connectivity index (χ4v) is 2.34. The number of nitrogens with zero attached hydrogens (tertiary/aromatic N) is 3. The first-order chi connectivity index (χ1) is 13.2. The van der Waals surface area contributed by atoms with Crippen molar-refractivity contribution >= 4 is 17.3 Å². The zero-order valence-corrected chi connectivity index (χ0v) is 11.3. The van der Waals surface area contributed by atoms with Crippen molar-refractivity contribution in [3.05, 3.63) is 11.8 Å². The average Bonchev–Trinajstić information content (AvgIpc) is 3.04. The number of hydrogen-bond donors (Lipinski definition) is 0. The van der Waals surface area contributed by atoms with E-state index < -0.39 is 33.0 Å². The Balaban J connectivity index is 2.00. The average molecular weight is 291 g/mol. The smallest absolute Gasteiger partial charge is 0.253 e. The van der Waals surface area contributed by atoms with Gasteiger partial charge in [-0.05, 0) is 37.7 Å². The van der Waals surface area contributed by atoms with E-state index in [0.29, 0.717) is 24.2 Å². The van der Waals surface area contributed by atoms with Gasteiger partial charge in [0.15, 0.2) is 0 Å². The molecule has 1 aliphatic rings. The van der Waals surface area contributed by atoms with E-state index in [1.807, 2.05) is 6.08 Å². The second-order valence-corrected chi connectivity index (χ2v) is 4.82. The molecule has 1 aliphatic heterocycles. The van der Waals surface area contributed by atoms with Gasteiger partial charge in [-0.2, -0.15) is 4.37 Å². The summed E-state index contributed by atoms with van der Waals surface area (Å²) in [5.41, 5.74) is 1.10. The first kappa shape index (κ1) is 6.22. The van der Waals surface area contributed by atoms with Crippen LogP contribution in [0.15, 0.2) is 6.08 Å². The van der Waals surface area contributed by atoms with E-state index in [1.165, 1.54) is 4.90 Å². The van der Waals surface area contributed by atoms with Crippen LogP contribution in [0.1, 0.15) is 52.4 Å². The van der Waals surface area contributed by atoms with E-state index in [9.17, 15) is 0 Å². The maximum atomic E-state index is 7.99. The molecular formula is C14H23N3OS. The van der Waals surface area contributed by atoms with Gasteiger partial charge < -0.3 is 9.64 Å². The molecule has 1 aromatic heterocycles. The summed E-state index contributed by atoms with van der Waals surface area (Å²) in [7, 11) is 0. The van der Waals surface area contributed by atoms with Crippen LogP contribution in [-0.4, -0.2) is 40.3 Å². The zero-order valence-electron chi connectivity index (χ0n) is 20.5. The molecule has 5 heteroatoms. The standard InChI is InChI=1S/C14H23N3OS/c1-11(2)6-5-9-18-14-13(15-19-16-14)12-7-4-8-17(3)10-12/h7,11H,4-6,8-10H2,1-3H3/i1D3,2D3,3D3,11D. The summed E-state index contributed by atoms with van der Waals surface area (Å²) >= 11 is 0.899. The highest BCUT2D eigenvalue weighted by Gasteiger charge is 2.18. The van der Waals surface area contributed by atoms with Crippen molar-refractivity contribution < 1.29 is 18.4 Å². The Hall–Kier alpha value is -0.940. The van der Waals surface area contributed by atoms with Crippen LogP contribution in [0.25, 0.3) is 5.57 Å². The minimum atomic E-state index is -2.96. The molecule has 0 saturated heterocycles. The summed E-state index contributed by atoms with van der Waals surface area (Å²) in [4.78, 5) is 1.35. The summed E-state index contributed by atoms with van der Waals surface area (Å²) in [5, 5.41) is 0. The van der Waals surface area contributed by atoms with Crippen molar-refractivity contribution in [2.45, 2.75) is 33.0 Å². The first-order valence-corrected chi connectivity index (χ1v) is 6.80. The normalized spacial score (nSPS) is 27.1. The predicted octanol–water partition coefficient (Wildman–Crippen LogP) is 3.07. The zero-order chi connectivity index (χ0) is 22.1. The molecule has 0 N–H and O–H groups in total. The van der Waals surface area contributed by atoms with E-state index in [1.54, 1.807) is 0 Å². The van der Waals surface area contributed by atoms with Crippen LogP contribution in [-0.2, 0) is 0 Å². The molecule has 0 aliphatic carbocycles.